The number of hydrogen-bond acceptors (Lipinski definition) is 5. The highest BCUT2D eigenvalue weighted by molar-refractivity contribution is 7.19. The summed E-state index contributed by atoms with van der Waals surface area (Å²) >= 11 is 1.11. The van der Waals surface area contributed by atoms with Crippen LogP contribution in [0.4, 0.5) is 5.00 Å². The predicted molar refractivity (Wildman–Crippen MR) is 98.4 cm³/mol. The molecule has 1 saturated carbocycles. The molecule has 1 aromatic carbocycles. The molecule has 0 radical (unpaired) electrons. The molecule has 4 rings (SSSR count). The van der Waals surface area contributed by atoms with Crippen molar-refractivity contribution in [1.82, 2.24) is 0 Å². The molecule has 6 heteroatoms. The van der Waals surface area contributed by atoms with Crippen molar-refractivity contribution in [3.63, 3.8) is 0 Å². The van der Waals surface area contributed by atoms with Gasteiger partial charge < -0.3 is 10.4 Å². The Bertz CT molecular complexity index is 921. The highest BCUT2D eigenvalue weighted by Crippen LogP contribution is 2.57. The lowest BCUT2D eigenvalue weighted by Gasteiger charge is -2.43. The molecule has 0 unspecified atom stereocenters. The molecule has 5 nitrogen and oxygen atoms in total. The molecule has 1 amide bonds. The number of nitrogens with one attached hydrogen (secondary N) is 1. The van der Waals surface area contributed by atoms with Gasteiger partial charge in [-0.15, -0.1) is 11.3 Å². The number of aromatic hydroxyl groups is 1. The Hall–Kier alpha value is -2.65. The van der Waals surface area contributed by atoms with E-state index in [9.17, 15) is 20.0 Å². The zero-order valence-corrected chi connectivity index (χ0v) is 14.9. The van der Waals surface area contributed by atoms with Gasteiger partial charge in [0.2, 0.25) is 11.7 Å². The zero-order chi connectivity index (χ0) is 18.3. The van der Waals surface area contributed by atoms with Crippen LogP contribution in [0.15, 0.2) is 30.3 Å². The molecular formula is C20H18N2O3S. The van der Waals surface area contributed by atoms with E-state index in [1.807, 2.05) is 6.07 Å². The molecule has 26 heavy (non-hydrogen) atoms. The Morgan fingerprint density at radius 3 is 2.58 bits per heavy atom. The van der Waals surface area contributed by atoms with Crippen molar-refractivity contribution < 1.29 is 14.7 Å². The quantitative estimate of drug-likeness (QED) is 0.787. The first kappa shape index (κ1) is 16.8. The van der Waals surface area contributed by atoms with Crippen LogP contribution >= 0.6 is 11.3 Å². The highest BCUT2D eigenvalue weighted by Gasteiger charge is 2.52. The van der Waals surface area contributed by atoms with Crippen molar-refractivity contribution >= 4 is 28.0 Å². The summed E-state index contributed by atoms with van der Waals surface area (Å²) in [5, 5.41) is 23.8. The molecule has 1 atom stereocenters. The van der Waals surface area contributed by atoms with Gasteiger partial charge >= 0.3 is 0 Å². The lowest BCUT2D eigenvalue weighted by Crippen LogP contribution is -2.46. The van der Waals surface area contributed by atoms with Gasteiger partial charge in [-0.05, 0) is 12.8 Å². The fourth-order valence-electron chi connectivity index (χ4n) is 4.33. The summed E-state index contributed by atoms with van der Waals surface area (Å²) in [6.45, 7) is 0. The minimum atomic E-state index is -0.838. The van der Waals surface area contributed by atoms with Gasteiger partial charge in [0.25, 0.3) is 0 Å². The van der Waals surface area contributed by atoms with Crippen LogP contribution in [0.2, 0.25) is 0 Å². The number of amides is 1. The number of ketones is 1. The van der Waals surface area contributed by atoms with E-state index in [4.69, 9.17) is 0 Å². The number of thiophene rings is 1. The Balaban J connectivity index is 1.87. The molecule has 2 aliphatic rings. The lowest BCUT2D eigenvalue weighted by molar-refractivity contribution is -0.121. The van der Waals surface area contributed by atoms with E-state index in [2.05, 4.69) is 11.4 Å². The summed E-state index contributed by atoms with van der Waals surface area (Å²) in [5.74, 6) is -1.51. The van der Waals surface area contributed by atoms with Gasteiger partial charge in [0.15, 0.2) is 0 Å². The maximum Gasteiger partial charge on any atom is 0.243 e. The molecule has 1 aromatic heterocycles. The van der Waals surface area contributed by atoms with E-state index in [0.717, 1.165) is 30.6 Å². The minimum absolute atomic E-state index is 0.0685. The standard InChI is InChI=1S/C20H18N2O3S/c21-11-13-18(25)22-19-14(20(13)9-5-2-6-10-20)16(24)17(26-19)15(23)12-7-3-1-4-8-12/h1,3-4,7-8,13,24H,2,5-6,9-10H2,(H,22,25)/t13-/m1/s1. The van der Waals surface area contributed by atoms with Gasteiger partial charge in [-0.25, -0.2) is 0 Å². The fourth-order valence-corrected chi connectivity index (χ4v) is 5.50. The molecule has 1 aliphatic carbocycles. The van der Waals surface area contributed by atoms with E-state index >= 15 is 0 Å². The molecule has 1 spiro atoms. The first-order valence-electron chi connectivity index (χ1n) is 8.75. The molecule has 0 saturated heterocycles. The van der Waals surface area contributed by atoms with Crippen LogP contribution < -0.4 is 5.32 Å². The Labute approximate surface area is 155 Å². The Morgan fingerprint density at radius 1 is 1.23 bits per heavy atom. The average Bonchev–Trinajstić information content (AvgIpc) is 2.99. The normalized spacial score (nSPS) is 20.9. The Kier molecular flexibility index (Phi) is 4.04. The molecule has 1 aliphatic heterocycles. The number of benzene rings is 1. The topological polar surface area (TPSA) is 90.2 Å². The van der Waals surface area contributed by atoms with Crippen LogP contribution in [0, 0.1) is 17.2 Å². The summed E-state index contributed by atoms with van der Waals surface area (Å²) in [7, 11) is 0. The monoisotopic (exact) mass is 366 g/mol. The van der Waals surface area contributed by atoms with E-state index in [1.54, 1.807) is 24.3 Å². The van der Waals surface area contributed by atoms with Crippen LogP contribution in [-0.4, -0.2) is 16.8 Å². The molecule has 132 valence electrons. The molecular weight excluding hydrogens is 348 g/mol. The second-order valence-electron chi connectivity index (χ2n) is 6.95. The maximum absolute atomic E-state index is 12.9. The van der Waals surface area contributed by atoms with Crippen LogP contribution in [0.5, 0.6) is 5.75 Å². The fraction of sp³-hybridized carbons (Fsp3) is 0.350. The minimum Gasteiger partial charge on any atom is -0.506 e. The summed E-state index contributed by atoms with van der Waals surface area (Å²) in [5.41, 5.74) is 0.385. The first-order valence-corrected chi connectivity index (χ1v) is 9.56. The number of anilines is 1. The lowest BCUT2D eigenvalue weighted by atomic mass is 9.61. The van der Waals surface area contributed by atoms with Gasteiger partial charge in [0, 0.05) is 16.5 Å². The predicted octanol–water partition coefficient (Wildman–Crippen LogP) is 3.98. The number of fused-ring (bicyclic) bond motifs is 2. The number of carbonyl (C=O) groups is 2. The van der Waals surface area contributed by atoms with Crippen LogP contribution in [0.1, 0.15) is 52.9 Å². The van der Waals surface area contributed by atoms with Crippen molar-refractivity contribution in [2.75, 3.05) is 5.32 Å². The summed E-state index contributed by atoms with van der Waals surface area (Å²) < 4.78 is 0. The number of rotatable bonds is 2. The summed E-state index contributed by atoms with van der Waals surface area (Å²) in [4.78, 5) is 25.6. The van der Waals surface area contributed by atoms with Crippen molar-refractivity contribution in [2.45, 2.75) is 37.5 Å². The van der Waals surface area contributed by atoms with Gasteiger partial charge in [-0.3, -0.25) is 9.59 Å². The van der Waals surface area contributed by atoms with E-state index in [1.165, 1.54) is 0 Å². The summed E-state index contributed by atoms with van der Waals surface area (Å²) in [6, 6.07) is 10.9. The molecule has 2 N–H and O–H groups in total. The van der Waals surface area contributed by atoms with Crippen LogP contribution in [-0.2, 0) is 10.2 Å². The van der Waals surface area contributed by atoms with Crippen molar-refractivity contribution in [3.05, 3.63) is 46.3 Å². The number of hydrogen-bond donors (Lipinski definition) is 2. The van der Waals surface area contributed by atoms with Crippen LogP contribution in [0.3, 0.4) is 0 Å². The summed E-state index contributed by atoms with van der Waals surface area (Å²) in [6.07, 6.45) is 4.21. The molecule has 1 fully saturated rings. The van der Waals surface area contributed by atoms with Crippen molar-refractivity contribution in [2.24, 2.45) is 5.92 Å². The molecule has 0 bridgehead atoms. The van der Waals surface area contributed by atoms with Crippen LogP contribution in [0.25, 0.3) is 0 Å². The van der Waals surface area contributed by atoms with Gasteiger partial charge in [-0.2, -0.15) is 5.26 Å². The van der Waals surface area contributed by atoms with Gasteiger partial charge in [0.1, 0.15) is 21.5 Å². The average molecular weight is 366 g/mol. The maximum atomic E-state index is 12.9. The van der Waals surface area contributed by atoms with Gasteiger partial charge in [0.05, 0.1) is 6.07 Å². The van der Waals surface area contributed by atoms with E-state index in [0.29, 0.717) is 29.0 Å². The second-order valence-corrected chi connectivity index (χ2v) is 7.97. The third kappa shape index (κ3) is 2.35. The third-order valence-corrected chi connectivity index (χ3v) is 6.64. The molecule has 2 aromatic rings. The largest absolute Gasteiger partial charge is 0.506 e. The first-order chi connectivity index (χ1) is 12.6. The highest BCUT2D eigenvalue weighted by atomic mass is 32.1. The number of nitrogens with zero attached hydrogens (tertiary/aromatic N) is 1. The second kappa shape index (κ2) is 6.26. The van der Waals surface area contributed by atoms with E-state index < -0.39 is 11.3 Å². The van der Waals surface area contributed by atoms with E-state index in [-0.39, 0.29) is 22.3 Å². The number of carbonyl (C=O) groups excluding carboxylic acids is 2. The third-order valence-electron chi connectivity index (χ3n) is 5.55. The van der Waals surface area contributed by atoms with Gasteiger partial charge in [-0.1, -0.05) is 49.6 Å². The van der Waals surface area contributed by atoms with Crippen molar-refractivity contribution in [1.29, 1.82) is 5.26 Å². The van der Waals surface area contributed by atoms with Crippen molar-refractivity contribution in [3.8, 4) is 11.8 Å². The zero-order valence-electron chi connectivity index (χ0n) is 14.1. The number of nitriles is 1. The Morgan fingerprint density at radius 2 is 1.92 bits per heavy atom. The smallest absolute Gasteiger partial charge is 0.243 e. The SMILES string of the molecule is N#C[C@@H]1C(=O)Nc2sc(C(=O)c3ccccc3)c(O)c2C12CCCCC2. The molecule has 2 heterocycles.